The Balaban J connectivity index is 1.56. The number of nitrogens with two attached hydrogens (primary N) is 1. The number of nitrogens with zero attached hydrogens (tertiary/aromatic N) is 2. The van der Waals surface area contributed by atoms with Crippen molar-refractivity contribution in [3.05, 3.63) is 90.0 Å². The summed E-state index contributed by atoms with van der Waals surface area (Å²) >= 11 is 0. The number of carbonyl (C=O) groups excluding carboxylic acids is 1. The van der Waals surface area contributed by atoms with Gasteiger partial charge >= 0.3 is 0 Å². The molecule has 1 amide bonds. The Morgan fingerprint density at radius 2 is 1.74 bits per heavy atom. The molecule has 0 aliphatic rings. The third-order valence-corrected chi connectivity index (χ3v) is 4.12. The van der Waals surface area contributed by atoms with Gasteiger partial charge in [-0.05, 0) is 47.7 Å². The average Bonchev–Trinajstić information content (AvgIpc) is 2.72. The van der Waals surface area contributed by atoms with Crippen LogP contribution in [0, 0.1) is 0 Å². The molecule has 27 heavy (non-hydrogen) atoms. The molecule has 0 unspecified atom stereocenters. The standard InChI is InChI=1S/C22H22N4O/c23-21(9-8-17-4-2-1-3-5-17)22(27)26-20-14-19(15-25-16-20)7-6-18-10-12-24-13-11-18/h1-7,10-16,21H,8-9,23H2,(H,26,27)/b7-6+/t21-/m0/s1. The Kier molecular flexibility index (Phi) is 6.44. The summed E-state index contributed by atoms with van der Waals surface area (Å²) < 4.78 is 0. The highest BCUT2D eigenvalue weighted by atomic mass is 16.2. The summed E-state index contributed by atoms with van der Waals surface area (Å²) in [7, 11) is 0. The average molecular weight is 358 g/mol. The quantitative estimate of drug-likeness (QED) is 0.677. The maximum Gasteiger partial charge on any atom is 0.241 e. The first-order valence-corrected chi connectivity index (χ1v) is 8.84. The fourth-order valence-corrected chi connectivity index (χ4v) is 2.62. The first kappa shape index (κ1) is 18.5. The Morgan fingerprint density at radius 3 is 2.52 bits per heavy atom. The maximum atomic E-state index is 12.3. The number of hydrogen-bond donors (Lipinski definition) is 2. The molecule has 3 N–H and O–H groups in total. The number of anilines is 1. The predicted molar refractivity (Wildman–Crippen MR) is 109 cm³/mol. The van der Waals surface area contributed by atoms with Gasteiger partial charge in [-0.2, -0.15) is 0 Å². The molecule has 1 aromatic carbocycles. The largest absolute Gasteiger partial charge is 0.323 e. The van der Waals surface area contributed by atoms with Gasteiger partial charge in [0, 0.05) is 18.6 Å². The van der Waals surface area contributed by atoms with Crippen molar-refractivity contribution in [3.63, 3.8) is 0 Å². The molecule has 0 radical (unpaired) electrons. The monoisotopic (exact) mass is 358 g/mol. The van der Waals surface area contributed by atoms with E-state index in [9.17, 15) is 4.79 Å². The van der Waals surface area contributed by atoms with Crippen LogP contribution in [0.5, 0.6) is 0 Å². The normalized spacial score (nSPS) is 12.0. The van der Waals surface area contributed by atoms with Crippen molar-refractivity contribution in [3.8, 4) is 0 Å². The van der Waals surface area contributed by atoms with Gasteiger partial charge in [-0.15, -0.1) is 0 Å². The molecule has 1 atom stereocenters. The summed E-state index contributed by atoms with van der Waals surface area (Å²) in [6.45, 7) is 0. The van der Waals surface area contributed by atoms with E-state index in [1.165, 1.54) is 5.56 Å². The van der Waals surface area contributed by atoms with Crippen LogP contribution in [0.1, 0.15) is 23.1 Å². The smallest absolute Gasteiger partial charge is 0.241 e. The van der Waals surface area contributed by atoms with Gasteiger partial charge in [0.2, 0.25) is 5.91 Å². The Bertz CT molecular complexity index is 894. The topological polar surface area (TPSA) is 80.9 Å². The van der Waals surface area contributed by atoms with Gasteiger partial charge in [-0.25, -0.2) is 0 Å². The van der Waals surface area contributed by atoms with Crippen molar-refractivity contribution in [2.45, 2.75) is 18.9 Å². The molecule has 5 heteroatoms. The molecule has 2 aromatic heterocycles. The fraction of sp³-hybridized carbons (Fsp3) is 0.136. The first-order chi connectivity index (χ1) is 13.2. The van der Waals surface area contributed by atoms with Gasteiger partial charge in [0.15, 0.2) is 0 Å². The molecule has 2 heterocycles. The zero-order valence-corrected chi connectivity index (χ0v) is 15.0. The molecule has 0 saturated heterocycles. The lowest BCUT2D eigenvalue weighted by molar-refractivity contribution is -0.117. The number of aryl methyl sites for hydroxylation is 1. The Morgan fingerprint density at radius 1 is 1.00 bits per heavy atom. The number of aromatic nitrogens is 2. The second-order valence-corrected chi connectivity index (χ2v) is 6.24. The number of rotatable bonds is 7. The lowest BCUT2D eigenvalue weighted by Gasteiger charge is -2.12. The van der Waals surface area contributed by atoms with Crippen molar-refractivity contribution < 1.29 is 4.79 Å². The molecule has 5 nitrogen and oxygen atoms in total. The van der Waals surface area contributed by atoms with Gasteiger partial charge in [0.05, 0.1) is 17.9 Å². The van der Waals surface area contributed by atoms with Crippen LogP contribution in [0.3, 0.4) is 0 Å². The van der Waals surface area contributed by atoms with Gasteiger partial charge in [-0.3, -0.25) is 14.8 Å². The summed E-state index contributed by atoms with van der Waals surface area (Å²) in [5, 5.41) is 2.85. The van der Waals surface area contributed by atoms with Crippen LogP contribution < -0.4 is 11.1 Å². The third kappa shape index (κ3) is 5.87. The molecule has 0 bridgehead atoms. The highest BCUT2D eigenvalue weighted by Gasteiger charge is 2.13. The minimum absolute atomic E-state index is 0.206. The highest BCUT2D eigenvalue weighted by molar-refractivity contribution is 5.94. The third-order valence-electron chi connectivity index (χ3n) is 4.12. The minimum atomic E-state index is -0.568. The summed E-state index contributed by atoms with van der Waals surface area (Å²) in [4.78, 5) is 20.5. The molecule has 136 valence electrons. The van der Waals surface area contributed by atoms with Crippen molar-refractivity contribution >= 4 is 23.7 Å². The van der Waals surface area contributed by atoms with Gasteiger partial charge < -0.3 is 11.1 Å². The fourth-order valence-electron chi connectivity index (χ4n) is 2.62. The summed E-state index contributed by atoms with van der Waals surface area (Å²) in [5.74, 6) is -0.206. The lowest BCUT2D eigenvalue weighted by Crippen LogP contribution is -2.36. The second-order valence-electron chi connectivity index (χ2n) is 6.24. The van der Waals surface area contributed by atoms with Crippen molar-refractivity contribution in [2.75, 3.05) is 5.32 Å². The van der Waals surface area contributed by atoms with Crippen LogP contribution in [-0.2, 0) is 11.2 Å². The number of hydrogen-bond acceptors (Lipinski definition) is 4. The zero-order chi connectivity index (χ0) is 18.9. The number of benzene rings is 1. The summed E-state index contributed by atoms with van der Waals surface area (Å²) in [6, 6.07) is 15.1. The number of amides is 1. The van der Waals surface area contributed by atoms with E-state index in [0.717, 1.165) is 17.5 Å². The zero-order valence-electron chi connectivity index (χ0n) is 15.0. The van der Waals surface area contributed by atoms with Crippen LogP contribution in [0.2, 0.25) is 0 Å². The number of carbonyl (C=O) groups is 1. The van der Waals surface area contributed by atoms with E-state index in [1.807, 2.05) is 60.7 Å². The predicted octanol–water partition coefficient (Wildman–Crippen LogP) is 3.55. The van der Waals surface area contributed by atoms with Crippen LogP contribution in [0.4, 0.5) is 5.69 Å². The van der Waals surface area contributed by atoms with Crippen LogP contribution in [0.15, 0.2) is 73.3 Å². The highest BCUT2D eigenvalue weighted by Crippen LogP contribution is 2.13. The van der Waals surface area contributed by atoms with Crippen LogP contribution in [0.25, 0.3) is 12.2 Å². The molecule has 3 rings (SSSR count). The van der Waals surface area contributed by atoms with E-state index < -0.39 is 6.04 Å². The van der Waals surface area contributed by atoms with Crippen molar-refractivity contribution in [1.82, 2.24) is 9.97 Å². The number of nitrogens with one attached hydrogen (secondary N) is 1. The molecule has 0 aliphatic carbocycles. The van der Waals surface area contributed by atoms with Gasteiger partial charge in [0.1, 0.15) is 0 Å². The maximum absolute atomic E-state index is 12.3. The molecular weight excluding hydrogens is 336 g/mol. The number of pyridine rings is 2. The summed E-state index contributed by atoms with van der Waals surface area (Å²) in [6.07, 6.45) is 12.1. The Hall–Kier alpha value is -3.31. The molecule has 0 aliphatic heterocycles. The second kappa shape index (κ2) is 9.40. The van der Waals surface area contributed by atoms with E-state index in [4.69, 9.17) is 5.73 Å². The van der Waals surface area contributed by atoms with E-state index in [1.54, 1.807) is 24.8 Å². The van der Waals surface area contributed by atoms with E-state index in [-0.39, 0.29) is 5.91 Å². The first-order valence-electron chi connectivity index (χ1n) is 8.84. The molecule has 3 aromatic rings. The van der Waals surface area contributed by atoms with Gasteiger partial charge in [0.25, 0.3) is 0 Å². The van der Waals surface area contributed by atoms with E-state index in [2.05, 4.69) is 15.3 Å². The minimum Gasteiger partial charge on any atom is -0.323 e. The molecule has 0 fully saturated rings. The molecular formula is C22H22N4O. The van der Waals surface area contributed by atoms with Crippen molar-refractivity contribution in [1.29, 1.82) is 0 Å². The Labute approximate surface area is 159 Å². The van der Waals surface area contributed by atoms with Gasteiger partial charge in [-0.1, -0.05) is 42.5 Å². The van der Waals surface area contributed by atoms with Crippen molar-refractivity contribution in [2.24, 2.45) is 5.73 Å². The SMILES string of the molecule is N[C@@H](CCc1ccccc1)C(=O)Nc1cncc(/C=C/c2ccncc2)c1. The lowest BCUT2D eigenvalue weighted by atomic mass is 10.1. The van der Waals surface area contributed by atoms with Crippen LogP contribution in [-0.4, -0.2) is 21.9 Å². The van der Waals surface area contributed by atoms with Crippen LogP contribution >= 0.6 is 0 Å². The van der Waals surface area contributed by atoms with E-state index in [0.29, 0.717) is 12.1 Å². The molecule has 0 spiro atoms. The summed E-state index contributed by atoms with van der Waals surface area (Å²) in [5.41, 5.74) is 9.77. The molecule has 0 saturated carbocycles. The van der Waals surface area contributed by atoms with E-state index >= 15 is 0 Å².